The molecule has 29 heavy (non-hydrogen) atoms. The molecule has 0 bridgehead atoms. The normalized spacial score (nSPS) is 10.3. The van der Waals surface area contributed by atoms with Crippen molar-refractivity contribution in [2.45, 2.75) is 6.61 Å². The van der Waals surface area contributed by atoms with E-state index in [0.717, 1.165) is 8.95 Å². The second-order valence-corrected chi connectivity index (χ2v) is 7.80. The van der Waals surface area contributed by atoms with Gasteiger partial charge < -0.3 is 14.2 Å². The Labute approximate surface area is 184 Å². The standard InChI is InChI=1S/C22H16Br2O5/c1-27-20-12-14(13-28-21(25)15-3-7-17(23)8-4-15)2-11-19(20)29-22(26)16-5-9-18(24)10-6-16/h2-12H,13H2,1H3. The van der Waals surface area contributed by atoms with Gasteiger partial charge in [-0.05, 0) is 66.2 Å². The average Bonchev–Trinajstić information content (AvgIpc) is 2.73. The Bertz CT molecular complexity index is 1010. The second-order valence-electron chi connectivity index (χ2n) is 5.96. The number of carbonyl (C=O) groups is 2. The van der Waals surface area contributed by atoms with Crippen LogP contribution in [0, 0.1) is 0 Å². The summed E-state index contributed by atoms with van der Waals surface area (Å²) < 4.78 is 17.8. The predicted octanol–water partition coefficient (Wildman–Crippen LogP) is 5.80. The van der Waals surface area contributed by atoms with Crippen LogP contribution in [0.5, 0.6) is 11.5 Å². The van der Waals surface area contributed by atoms with Gasteiger partial charge in [-0.25, -0.2) is 9.59 Å². The quantitative estimate of drug-likeness (QED) is 0.304. The van der Waals surface area contributed by atoms with Gasteiger partial charge in [0.15, 0.2) is 11.5 Å². The highest BCUT2D eigenvalue weighted by Crippen LogP contribution is 2.29. The zero-order valence-electron chi connectivity index (χ0n) is 15.4. The van der Waals surface area contributed by atoms with Crippen molar-refractivity contribution in [2.75, 3.05) is 7.11 Å². The van der Waals surface area contributed by atoms with Crippen LogP contribution in [0.25, 0.3) is 0 Å². The van der Waals surface area contributed by atoms with Crippen LogP contribution < -0.4 is 9.47 Å². The second kappa shape index (κ2) is 9.71. The SMILES string of the molecule is COc1cc(COC(=O)c2ccc(Br)cc2)ccc1OC(=O)c1ccc(Br)cc1. The fraction of sp³-hybridized carbons (Fsp3) is 0.0909. The largest absolute Gasteiger partial charge is 0.493 e. The summed E-state index contributed by atoms with van der Waals surface area (Å²) in [5.41, 5.74) is 1.58. The molecule has 0 radical (unpaired) electrons. The van der Waals surface area contributed by atoms with Gasteiger partial charge in [-0.15, -0.1) is 0 Å². The van der Waals surface area contributed by atoms with E-state index in [1.54, 1.807) is 66.7 Å². The van der Waals surface area contributed by atoms with Gasteiger partial charge in [0, 0.05) is 8.95 Å². The van der Waals surface area contributed by atoms with Crippen LogP contribution in [-0.4, -0.2) is 19.0 Å². The van der Waals surface area contributed by atoms with Gasteiger partial charge in [0.25, 0.3) is 0 Å². The average molecular weight is 520 g/mol. The van der Waals surface area contributed by atoms with Crippen LogP contribution in [0.1, 0.15) is 26.3 Å². The lowest BCUT2D eigenvalue weighted by Gasteiger charge is -2.11. The van der Waals surface area contributed by atoms with E-state index in [0.29, 0.717) is 22.4 Å². The zero-order chi connectivity index (χ0) is 20.8. The highest BCUT2D eigenvalue weighted by atomic mass is 79.9. The minimum Gasteiger partial charge on any atom is -0.493 e. The number of methoxy groups -OCH3 is 1. The summed E-state index contributed by atoms with van der Waals surface area (Å²) in [6.45, 7) is 0.0617. The van der Waals surface area contributed by atoms with Gasteiger partial charge in [-0.1, -0.05) is 37.9 Å². The van der Waals surface area contributed by atoms with Gasteiger partial charge in [-0.3, -0.25) is 0 Å². The highest BCUT2D eigenvalue weighted by molar-refractivity contribution is 9.10. The Morgan fingerprint density at radius 3 is 1.86 bits per heavy atom. The van der Waals surface area contributed by atoms with E-state index in [4.69, 9.17) is 14.2 Å². The van der Waals surface area contributed by atoms with E-state index >= 15 is 0 Å². The Hall–Kier alpha value is -2.64. The van der Waals surface area contributed by atoms with E-state index in [9.17, 15) is 9.59 Å². The van der Waals surface area contributed by atoms with Crippen molar-refractivity contribution in [3.05, 3.63) is 92.4 Å². The predicted molar refractivity (Wildman–Crippen MR) is 115 cm³/mol. The number of benzene rings is 3. The van der Waals surface area contributed by atoms with Gasteiger partial charge in [0.2, 0.25) is 0 Å². The summed E-state index contributed by atoms with van der Waals surface area (Å²) in [7, 11) is 1.48. The lowest BCUT2D eigenvalue weighted by atomic mass is 10.2. The van der Waals surface area contributed by atoms with Crippen molar-refractivity contribution >= 4 is 43.8 Å². The molecule has 0 N–H and O–H groups in total. The molecule has 148 valence electrons. The molecule has 0 atom stereocenters. The molecule has 3 aromatic carbocycles. The molecule has 0 unspecified atom stereocenters. The lowest BCUT2D eigenvalue weighted by Crippen LogP contribution is -2.09. The maximum absolute atomic E-state index is 12.3. The first kappa shape index (κ1) is 21.1. The van der Waals surface area contributed by atoms with Gasteiger partial charge in [-0.2, -0.15) is 0 Å². The fourth-order valence-corrected chi connectivity index (χ4v) is 2.98. The van der Waals surface area contributed by atoms with Crippen molar-refractivity contribution in [1.29, 1.82) is 0 Å². The minimum atomic E-state index is -0.495. The molecule has 0 amide bonds. The van der Waals surface area contributed by atoms with Gasteiger partial charge in [0.05, 0.1) is 18.2 Å². The molecule has 0 heterocycles. The summed E-state index contributed by atoms with van der Waals surface area (Å²) >= 11 is 6.65. The van der Waals surface area contributed by atoms with Crippen molar-refractivity contribution < 1.29 is 23.8 Å². The smallest absolute Gasteiger partial charge is 0.343 e. The van der Waals surface area contributed by atoms with E-state index in [1.165, 1.54) is 7.11 Å². The van der Waals surface area contributed by atoms with E-state index in [2.05, 4.69) is 31.9 Å². The minimum absolute atomic E-state index is 0.0617. The summed E-state index contributed by atoms with van der Waals surface area (Å²) in [6, 6.07) is 18.7. The Morgan fingerprint density at radius 1 is 0.759 bits per heavy atom. The van der Waals surface area contributed by atoms with E-state index in [1.807, 2.05) is 0 Å². The Kier molecular flexibility index (Phi) is 7.06. The zero-order valence-corrected chi connectivity index (χ0v) is 18.5. The van der Waals surface area contributed by atoms with Crippen LogP contribution in [-0.2, 0) is 11.3 Å². The first-order chi connectivity index (χ1) is 14.0. The lowest BCUT2D eigenvalue weighted by molar-refractivity contribution is 0.0472. The third-order valence-electron chi connectivity index (χ3n) is 3.96. The third kappa shape index (κ3) is 5.68. The Balaban J connectivity index is 1.66. The number of halogens is 2. The number of esters is 2. The van der Waals surface area contributed by atoms with Crippen molar-refractivity contribution in [2.24, 2.45) is 0 Å². The number of carbonyl (C=O) groups excluding carboxylic acids is 2. The summed E-state index contributed by atoms with van der Waals surface area (Å²) in [5, 5.41) is 0. The molecule has 7 heteroatoms. The molecule has 0 aromatic heterocycles. The molecule has 0 aliphatic rings. The topological polar surface area (TPSA) is 61.8 Å². The summed E-state index contributed by atoms with van der Waals surface area (Å²) in [5.74, 6) is -0.275. The first-order valence-corrected chi connectivity index (χ1v) is 10.1. The van der Waals surface area contributed by atoms with Gasteiger partial charge in [0.1, 0.15) is 6.61 Å². The monoisotopic (exact) mass is 518 g/mol. The van der Waals surface area contributed by atoms with Crippen molar-refractivity contribution in [3.63, 3.8) is 0 Å². The third-order valence-corrected chi connectivity index (χ3v) is 5.02. The van der Waals surface area contributed by atoms with Crippen LogP contribution in [0.2, 0.25) is 0 Å². The van der Waals surface area contributed by atoms with Crippen LogP contribution in [0.15, 0.2) is 75.7 Å². The molecule has 5 nitrogen and oxygen atoms in total. The molecule has 0 saturated carbocycles. The molecule has 0 aliphatic carbocycles. The van der Waals surface area contributed by atoms with Crippen molar-refractivity contribution in [3.8, 4) is 11.5 Å². The van der Waals surface area contributed by atoms with Crippen LogP contribution >= 0.6 is 31.9 Å². The molecule has 0 saturated heterocycles. The van der Waals surface area contributed by atoms with Crippen LogP contribution in [0.3, 0.4) is 0 Å². The molecule has 0 fully saturated rings. The maximum atomic E-state index is 12.3. The fourth-order valence-electron chi connectivity index (χ4n) is 2.45. The molecule has 0 spiro atoms. The number of hydrogen-bond donors (Lipinski definition) is 0. The molecular weight excluding hydrogens is 504 g/mol. The Morgan fingerprint density at radius 2 is 1.31 bits per heavy atom. The van der Waals surface area contributed by atoms with Gasteiger partial charge >= 0.3 is 11.9 Å². The van der Waals surface area contributed by atoms with E-state index < -0.39 is 11.9 Å². The van der Waals surface area contributed by atoms with E-state index in [-0.39, 0.29) is 12.4 Å². The highest BCUT2D eigenvalue weighted by Gasteiger charge is 2.14. The summed E-state index contributed by atoms with van der Waals surface area (Å²) in [6.07, 6.45) is 0. The molecule has 0 aliphatic heterocycles. The number of ether oxygens (including phenoxy) is 3. The first-order valence-electron chi connectivity index (χ1n) is 8.53. The van der Waals surface area contributed by atoms with Crippen LogP contribution in [0.4, 0.5) is 0 Å². The molecular formula is C22H16Br2O5. The molecule has 3 rings (SSSR count). The number of hydrogen-bond acceptors (Lipinski definition) is 5. The maximum Gasteiger partial charge on any atom is 0.343 e. The number of rotatable bonds is 6. The van der Waals surface area contributed by atoms with Crippen molar-refractivity contribution in [1.82, 2.24) is 0 Å². The molecule has 3 aromatic rings. The summed E-state index contributed by atoms with van der Waals surface area (Å²) in [4.78, 5) is 24.4.